The van der Waals surface area contributed by atoms with Gasteiger partial charge in [0.1, 0.15) is 0 Å². The van der Waals surface area contributed by atoms with Crippen LogP contribution in [0.4, 0.5) is 0 Å². The molecule has 0 aliphatic carbocycles. The van der Waals surface area contributed by atoms with Crippen LogP contribution < -0.4 is 10.6 Å². The van der Waals surface area contributed by atoms with Gasteiger partial charge < -0.3 is 15.5 Å². The first-order chi connectivity index (χ1) is 13.5. The van der Waals surface area contributed by atoms with Gasteiger partial charge in [0.05, 0.1) is 6.54 Å². The second kappa shape index (κ2) is 11.3. The van der Waals surface area contributed by atoms with Crippen LogP contribution in [0.3, 0.4) is 0 Å². The molecular weight excluding hydrogens is 477 g/mol. The minimum absolute atomic E-state index is 0. The van der Waals surface area contributed by atoms with E-state index in [0.29, 0.717) is 6.54 Å². The number of amides is 1. The predicted octanol–water partition coefficient (Wildman–Crippen LogP) is 2.68. The zero-order valence-electron chi connectivity index (χ0n) is 17.5. The molecule has 158 valence electrons. The minimum Gasteiger partial charge on any atom is -0.353 e. The SMILES string of the molecule is CN=C(NCc1ccc2ccccc2c1)N1CCN(CC(=O)NC(C)C)CC1.I. The van der Waals surface area contributed by atoms with Gasteiger partial charge in [0.15, 0.2) is 5.96 Å². The molecule has 7 heteroatoms. The molecule has 0 aromatic heterocycles. The fourth-order valence-corrected chi connectivity index (χ4v) is 3.55. The normalized spacial score (nSPS) is 15.3. The van der Waals surface area contributed by atoms with Crippen molar-refractivity contribution in [2.75, 3.05) is 39.8 Å². The molecule has 6 nitrogen and oxygen atoms in total. The van der Waals surface area contributed by atoms with Crippen molar-refractivity contribution in [3.05, 3.63) is 48.0 Å². The molecule has 0 atom stereocenters. The Morgan fingerprint density at radius 2 is 1.76 bits per heavy atom. The molecule has 1 amide bonds. The van der Waals surface area contributed by atoms with Gasteiger partial charge in [-0.3, -0.25) is 14.7 Å². The zero-order valence-corrected chi connectivity index (χ0v) is 19.8. The van der Waals surface area contributed by atoms with Gasteiger partial charge >= 0.3 is 0 Å². The van der Waals surface area contributed by atoms with Gasteiger partial charge in [-0.25, -0.2) is 0 Å². The van der Waals surface area contributed by atoms with Crippen molar-refractivity contribution in [2.24, 2.45) is 4.99 Å². The highest BCUT2D eigenvalue weighted by Gasteiger charge is 2.21. The van der Waals surface area contributed by atoms with Crippen LogP contribution in [0.25, 0.3) is 10.8 Å². The van der Waals surface area contributed by atoms with E-state index in [2.05, 4.69) is 67.9 Å². The average molecular weight is 509 g/mol. The number of carbonyl (C=O) groups excluding carboxylic acids is 1. The van der Waals surface area contributed by atoms with Crippen molar-refractivity contribution < 1.29 is 4.79 Å². The molecule has 1 heterocycles. The summed E-state index contributed by atoms with van der Waals surface area (Å²) in [4.78, 5) is 20.9. The molecule has 29 heavy (non-hydrogen) atoms. The Kier molecular flexibility index (Phi) is 9.16. The highest BCUT2D eigenvalue weighted by molar-refractivity contribution is 14.0. The van der Waals surface area contributed by atoms with Gasteiger partial charge in [0, 0.05) is 45.8 Å². The number of nitrogens with zero attached hydrogens (tertiary/aromatic N) is 3. The number of piperazine rings is 1. The summed E-state index contributed by atoms with van der Waals surface area (Å²) in [5.41, 5.74) is 1.24. The molecule has 0 saturated carbocycles. The second-order valence-corrected chi connectivity index (χ2v) is 7.57. The maximum atomic E-state index is 11.9. The van der Waals surface area contributed by atoms with Crippen molar-refractivity contribution >= 4 is 46.6 Å². The van der Waals surface area contributed by atoms with E-state index in [9.17, 15) is 4.79 Å². The Bertz CT molecular complexity index is 831. The zero-order chi connectivity index (χ0) is 19.9. The van der Waals surface area contributed by atoms with Gasteiger partial charge in [-0.1, -0.05) is 36.4 Å². The summed E-state index contributed by atoms with van der Waals surface area (Å²) in [5.74, 6) is 1.02. The van der Waals surface area contributed by atoms with Crippen molar-refractivity contribution in [3.63, 3.8) is 0 Å². The smallest absolute Gasteiger partial charge is 0.234 e. The molecule has 3 rings (SSSR count). The molecule has 1 aliphatic heterocycles. The third kappa shape index (κ3) is 6.85. The number of hydrogen-bond donors (Lipinski definition) is 2. The number of benzene rings is 2. The molecule has 0 radical (unpaired) electrons. The standard InChI is InChI=1S/C22H31N5O.HI/c1-17(2)25-21(28)16-26-10-12-27(13-11-26)22(23-3)24-15-18-8-9-19-6-4-5-7-20(19)14-18;/h4-9,14,17H,10-13,15-16H2,1-3H3,(H,23,24)(H,25,28);1H. The molecular formula is C22H32IN5O. The fourth-order valence-electron chi connectivity index (χ4n) is 3.55. The van der Waals surface area contributed by atoms with Crippen molar-refractivity contribution in [3.8, 4) is 0 Å². The lowest BCUT2D eigenvalue weighted by atomic mass is 10.1. The summed E-state index contributed by atoms with van der Waals surface area (Å²) in [6.07, 6.45) is 0. The number of rotatable bonds is 5. The van der Waals surface area contributed by atoms with Crippen LogP contribution in [0.2, 0.25) is 0 Å². The molecule has 0 bridgehead atoms. The van der Waals surface area contributed by atoms with Gasteiger partial charge in [-0.2, -0.15) is 0 Å². The van der Waals surface area contributed by atoms with Crippen LogP contribution in [-0.4, -0.2) is 67.5 Å². The van der Waals surface area contributed by atoms with E-state index in [-0.39, 0.29) is 35.9 Å². The number of fused-ring (bicyclic) bond motifs is 1. The number of nitrogens with one attached hydrogen (secondary N) is 2. The van der Waals surface area contributed by atoms with E-state index in [4.69, 9.17) is 0 Å². The Labute approximate surface area is 190 Å². The summed E-state index contributed by atoms with van der Waals surface area (Å²) in [6, 6.07) is 15.1. The Balaban J connectivity index is 0.00000300. The number of carbonyl (C=O) groups is 1. The van der Waals surface area contributed by atoms with E-state index in [1.807, 2.05) is 20.9 Å². The summed E-state index contributed by atoms with van der Waals surface area (Å²) < 4.78 is 0. The van der Waals surface area contributed by atoms with Crippen molar-refractivity contribution in [1.29, 1.82) is 0 Å². The Morgan fingerprint density at radius 1 is 1.07 bits per heavy atom. The lowest BCUT2D eigenvalue weighted by molar-refractivity contribution is -0.123. The number of hydrogen-bond acceptors (Lipinski definition) is 3. The lowest BCUT2D eigenvalue weighted by Gasteiger charge is -2.36. The summed E-state index contributed by atoms with van der Waals surface area (Å²) in [7, 11) is 1.82. The maximum absolute atomic E-state index is 11.9. The third-order valence-electron chi connectivity index (χ3n) is 4.97. The van der Waals surface area contributed by atoms with E-state index in [1.54, 1.807) is 0 Å². The van der Waals surface area contributed by atoms with Crippen LogP contribution in [-0.2, 0) is 11.3 Å². The first-order valence-corrected chi connectivity index (χ1v) is 10.00. The highest BCUT2D eigenvalue weighted by atomic mass is 127. The van der Waals surface area contributed by atoms with E-state index < -0.39 is 0 Å². The van der Waals surface area contributed by atoms with Crippen molar-refractivity contribution in [1.82, 2.24) is 20.4 Å². The van der Waals surface area contributed by atoms with Gasteiger partial charge in [-0.15, -0.1) is 24.0 Å². The monoisotopic (exact) mass is 509 g/mol. The molecule has 2 aromatic carbocycles. The molecule has 1 fully saturated rings. The van der Waals surface area contributed by atoms with Crippen LogP contribution in [0.15, 0.2) is 47.5 Å². The van der Waals surface area contributed by atoms with E-state index in [0.717, 1.165) is 38.7 Å². The maximum Gasteiger partial charge on any atom is 0.234 e. The van der Waals surface area contributed by atoms with E-state index in [1.165, 1.54) is 16.3 Å². The topological polar surface area (TPSA) is 60.0 Å². The molecule has 2 aromatic rings. The van der Waals surface area contributed by atoms with Crippen molar-refractivity contribution in [2.45, 2.75) is 26.4 Å². The lowest BCUT2D eigenvalue weighted by Crippen LogP contribution is -2.54. The Morgan fingerprint density at radius 3 is 2.41 bits per heavy atom. The Hall–Kier alpha value is -1.87. The minimum atomic E-state index is 0. The summed E-state index contributed by atoms with van der Waals surface area (Å²) in [5, 5.41) is 8.95. The van der Waals surface area contributed by atoms with Crippen LogP contribution in [0.1, 0.15) is 19.4 Å². The molecule has 1 saturated heterocycles. The third-order valence-corrected chi connectivity index (χ3v) is 4.97. The van der Waals surface area contributed by atoms with E-state index >= 15 is 0 Å². The quantitative estimate of drug-likeness (QED) is 0.370. The van der Waals surface area contributed by atoms with Gasteiger partial charge in [0.25, 0.3) is 0 Å². The summed E-state index contributed by atoms with van der Waals surface area (Å²) in [6.45, 7) is 8.65. The average Bonchev–Trinajstić information content (AvgIpc) is 2.69. The predicted molar refractivity (Wildman–Crippen MR) is 131 cm³/mol. The fraction of sp³-hybridized carbons (Fsp3) is 0.455. The van der Waals surface area contributed by atoms with Gasteiger partial charge in [0.2, 0.25) is 5.91 Å². The van der Waals surface area contributed by atoms with Crippen LogP contribution in [0.5, 0.6) is 0 Å². The molecule has 0 unspecified atom stereocenters. The molecule has 0 spiro atoms. The number of aliphatic imine (C=N–C) groups is 1. The first kappa shape index (κ1) is 23.4. The van der Waals surface area contributed by atoms with Gasteiger partial charge in [-0.05, 0) is 36.2 Å². The molecule has 1 aliphatic rings. The number of halogens is 1. The summed E-state index contributed by atoms with van der Waals surface area (Å²) >= 11 is 0. The second-order valence-electron chi connectivity index (χ2n) is 7.57. The number of guanidine groups is 1. The van der Waals surface area contributed by atoms with Crippen LogP contribution in [0, 0.1) is 0 Å². The largest absolute Gasteiger partial charge is 0.353 e. The van der Waals surface area contributed by atoms with Crippen LogP contribution >= 0.6 is 24.0 Å². The highest BCUT2D eigenvalue weighted by Crippen LogP contribution is 2.15. The molecule has 2 N–H and O–H groups in total. The first-order valence-electron chi connectivity index (χ1n) is 10.00.